The molecule has 0 radical (unpaired) electrons. The van der Waals surface area contributed by atoms with Crippen LogP contribution in [0.4, 0.5) is 17.1 Å². The van der Waals surface area contributed by atoms with Crippen molar-refractivity contribution in [2.45, 2.75) is 12.3 Å². The van der Waals surface area contributed by atoms with Gasteiger partial charge in [-0.3, -0.25) is 0 Å². The van der Waals surface area contributed by atoms with Crippen molar-refractivity contribution in [3.05, 3.63) is 222 Å². The van der Waals surface area contributed by atoms with Crippen LogP contribution < -0.4 is 4.90 Å². The van der Waals surface area contributed by atoms with E-state index in [0.29, 0.717) is 5.92 Å². The quantitative estimate of drug-likeness (QED) is 0.144. The molecule has 1 heteroatoms. The first kappa shape index (κ1) is 30.2. The van der Waals surface area contributed by atoms with E-state index >= 15 is 0 Å². The Bertz CT molecular complexity index is 2300. The lowest BCUT2D eigenvalue weighted by molar-refractivity contribution is 0.806. The number of para-hydroxylation sites is 2. The minimum absolute atomic E-state index is 0.302. The highest BCUT2D eigenvalue weighted by atomic mass is 15.1. The maximum atomic E-state index is 2.37. The van der Waals surface area contributed by atoms with Crippen LogP contribution in [-0.4, -0.2) is 0 Å². The Morgan fingerprint density at radius 3 is 1.43 bits per heavy atom. The molecule has 0 fully saturated rings. The van der Waals surface area contributed by atoms with Gasteiger partial charge in [0.2, 0.25) is 0 Å². The number of rotatable bonds is 9. The van der Waals surface area contributed by atoms with Crippen LogP contribution in [0.3, 0.4) is 0 Å². The van der Waals surface area contributed by atoms with Crippen LogP contribution >= 0.6 is 0 Å². The van der Waals surface area contributed by atoms with Crippen LogP contribution in [0, 0.1) is 0 Å². The monoisotopic (exact) mass is 627 g/mol. The highest BCUT2D eigenvalue weighted by Gasteiger charge is 2.16. The van der Waals surface area contributed by atoms with E-state index in [1.54, 1.807) is 0 Å². The molecule has 1 nitrogen and oxygen atoms in total. The summed E-state index contributed by atoms with van der Waals surface area (Å²) < 4.78 is 0. The molecule has 0 N–H and O–H groups in total. The lowest BCUT2D eigenvalue weighted by Gasteiger charge is -2.25. The van der Waals surface area contributed by atoms with Crippen molar-refractivity contribution in [2.75, 3.05) is 4.90 Å². The van der Waals surface area contributed by atoms with E-state index in [2.05, 4.69) is 211 Å². The van der Waals surface area contributed by atoms with Crippen LogP contribution in [0.15, 0.2) is 194 Å². The summed E-state index contributed by atoms with van der Waals surface area (Å²) in [7, 11) is 0. The topological polar surface area (TPSA) is 3.24 Å². The van der Waals surface area contributed by atoms with Crippen molar-refractivity contribution in [1.82, 2.24) is 0 Å². The van der Waals surface area contributed by atoms with Gasteiger partial charge in [-0.05, 0) is 104 Å². The molecule has 0 amide bonds. The molecule has 0 aliphatic carbocycles. The van der Waals surface area contributed by atoms with E-state index < -0.39 is 0 Å². The Kier molecular flexibility index (Phi) is 8.56. The summed E-state index contributed by atoms with van der Waals surface area (Å²) in [6.45, 7) is 0. The number of anilines is 3. The minimum atomic E-state index is 0.302. The highest BCUT2D eigenvalue weighted by molar-refractivity contribution is 5.92. The number of nitrogens with zero attached hydrogens (tertiary/aromatic N) is 1. The number of hydrogen-bond acceptors (Lipinski definition) is 1. The Morgan fingerprint density at radius 2 is 0.837 bits per heavy atom. The van der Waals surface area contributed by atoms with E-state index in [1.165, 1.54) is 49.4 Å². The van der Waals surface area contributed by atoms with Crippen molar-refractivity contribution in [3.8, 4) is 0 Å². The molecule has 0 bridgehead atoms. The molecule has 0 heterocycles. The summed E-state index contributed by atoms with van der Waals surface area (Å²) in [6.07, 6.45) is 5.41. The van der Waals surface area contributed by atoms with Gasteiger partial charge in [-0.25, -0.2) is 0 Å². The number of hydrogen-bond donors (Lipinski definition) is 0. The molecule has 8 aromatic rings. The van der Waals surface area contributed by atoms with Gasteiger partial charge in [0.05, 0.1) is 0 Å². The summed E-state index contributed by atoms with van der Waals surface area (Å²) in [5.41, 5.74) is 9.86. The molecule has 0 aliphatic heterocycles. The van der Waals surface area contributed by atoms with Crippen LogP contribution in [0.25, 0.3) is 33.7 Å². The summed E-state index contributed by atoms with van der Waals surface area (Å²) in [5, 5.41) is 4.96. The van der Waals surface area contributed by atoms with E-state index in [9.17, 15) is 0 Å². The van der Waals surface area contributed by atoms with Crippen molar-refractivity contribution < 1.29 is 0 Å². The molecule has 0 aliphatic rings. The smallest absolute Gasteiger partial charge is 0.0468 e. The normalized spacial score (nSPS) is 12.0. The average molecular weight is 628 g/mol. The number of benzene rings is 8. The fourth-order valence-electron chi connectivity index (χ4n) is 6.85. The zero-order valence-corrected chi connectivity index (χ0v) is 27.4. The van der Waals surface area contributed by atoms with Crippen molar-refractivity contribution in [3.63, 3.8) is 0 Å². The second kappa shape index (κ2) is 13.9. The first-order valence-electron chi connectivity index (χ1n) is 17.0. The summed E-state index contributed by atoms with van der Waals surface area (Å²) in [6, 6.07) is 70.0. The fraction of sp³-hybridized carbons (Fsp3) is 0.0417. The van der Waals surface area contributed by atoms with E-state index in [0.717, 1.165) is 23.5 Å². The molecule has 0 spiro atoms. The molecule has 0 saturated carbocycles. The first-order chi connectivity index (χ1) is 24.3. The molecule has 8 aromatic carbocycles. The van der Waals surface area contributed by atoms with Crippen molar-refractivity contribution >= 4 is 50.8 Å². The van der Waals surface area contributed by atoms with Gasteiger partial charge >= 0.3 is 0 Å². The second-order valence-electron chi connectivity index (χ2n) is 12.6. The van der Waals surface area contributed by atoms with E-state index in [1.807, 2.05) is 0 Å². The molecule has 234 valence electrons. The Morgan fingerprint density at radius 1 is 0.367 bits per heavy atom. The predicted octanol–water partition coefficient (Wildman–Crippen LogP) is 13.0. The van der Waals surface area contributed by atoms with Gasteiger partial charge < -0.3 is 4.90 Å². The third-order valence-electron chi connectivity index (χ3n) is 9.38. The molecule has 8 rings (SSSR count). The molecule has 49 heavy (non-hydrogen) atoms. The molecule has 1 unspecified atom stereocenters. The summed E-state index contributed by atoms with van der Waals surface area (Å²) in [5.74, 6) is 0.302. The Balaban J connectivity index is 1.04. The third kappa shape index (κ3) is 6.79. The standard InChI is InChI=1S/C48H37N/c1-5-13-36(14-6-1)33-48(39-15-7-2-8-16-39)44-28-27-40-31-37(23-25-42(40)34-44)21-22-38-24-26-43-35-47(30-29-41(43)32-38)49(45-17-9-3-10-18-45)46-19-11-4-12-20-46/h1-32,34-35,48H,33H2/b22-21+. The van der Waals surface area contributed by atoms with Crippen LogP contribution in [0.2, 0.25) is 0 Å². The molecule has 1 atom stereocenters. The van der Waals surface area contributed by atoms with Crippen LogP contribution in [0.5, 0.6) is 0 Å². The Labute approximate surface area is 289 Å². The fourth-order valence-corrected chi connectivity index (χ4v) is 6.85. The maximum Gasteiger partial charge on any atom is 0.0468 e. The lowest BCUT2D eigenvalue weighted by atomic mass is 9.85. The van der Waals surface area contributed by atoms with Crippen molar-refractivity contribution in [2.24, 2.45) is 0 Å². The van der Waals surface area contributed by atoms with Crippen LogP contribution in [0.1, 0.15) is 33.7 Å². The summed E-state index contributed by atoms with van der Waals surface area (Å²) >= 11 is 0. The van der Waals surface area contributed by atoms with Gasteiger partial charge in [-0.1, -0.05) is 158 Å². The Hall–Kier alpha value is -6.18. The largest absolute Gasteiger partial charge is 0.310 e. The van der Waals surface area contributed by atoms with Gasteiger partial charge in [0, 0.05) is 23.0 Å². The molecule has 0 aromatic heterocycles. The van der Waals surface area contributed by atoms with Gasteiger partial charge in [-0.15, -0.1) is 0 Å². The SMILES string of the molecule is C(=C\c1ccc2cc(N(c3ccccc3)c3ccccc3)ccc2c1)/c1ccc2cc(C(Cc3ccccc3)c3ccccc3)ccc2c1. The lowest BCUT2D eigenvalue weighted by Crippen LogP contribution is -2.09. The van der Waals surface area contributed by atoms with Gasteiger partial charge in [0.25, 0.3) is 0 Å². The highest BCUT2D eigenvalue weighted by Crippen LogP contribution is 2.36. The molecule has 0 saturated heterocycles. The first-order valence-corrected chi connectivity index (χ1v) is 17.0. The van der Waals surface area contributed by atoms with Crippen LogP contribution in [-0.2, 0) is 6.42 Å². The maximum absolute atomic E-state index is 2.37. The van der Waals surface area contributed by atoms with Gasteiger partial charge in [0.1, 0.15) is 0 Å². The zero-order valence-electron chi connectivity index (χ0n) is 27.4. The van der Waals surface area contributed by atoms with Gasteiger partial charge in [-0.2, -0.15) is 0 Å². The zero-order chi connectivity index (χ0) is 32.8. The predicted molar refractivity (Wildman–Crippen MR) is 210 cm³/mol. The minimum Gasteiger partial charge on any atom is -0.310 e. The molecular formula is C48H37N. The van der Waals surface area contributed by atoms with Crippen molar-refractivity contribution in [1.29, 1.82) is 0 Å². The van der Waals surface area contributed by atoms with E-state index in [4.69, 9.17) is 0 Å². The summed E-state index contributed by atoms with van der Waals surface area (Å²) in [4.78, 5) is 2.31. The number of fused-ring (bicyclic) bond motifs is 2. The van der Waals surface area contributed by atoms with E-state index in [-0.39, 0.29) is 0 Å². The average Bonchev–Trinajstić information content (AvgIpc) is 3.17. The van der Waals surface area contributed by atoms with Gasteiger partial charge in [0.15, 0.2) is 0 Å². The third-order valence-corrected chi connectivity index (χ3v) is 9.38. The second-order valence-corrected chi connectivity index (χ2v) is 12.6. The molecular weight excluding hydrogens is 591 g/mol.